The van der Waals surface area contributed by atoms with Crippen LogP contribution in [0.1, 0.15) is 25.7 Å². The molecule has 0 aliphatic carbocycles. The summed E-state index contributed by atoms with van der Waals surface area (Å²) in [6.45, 7) is 7.38. The number of nitrogens with one attached hydrogen (secondary N) is 2. The first kappa shape index (κ1) is 10.4. The molecule has 2 rings (SSSR count). The van der Waals surface area contributed by atoms with Crippen LogP contribution in [0.3, 0.4) is 0 Å². The largest absolute Gasteiger partial charge is 0.314 e. The predicted molar refractivity (Wildman–Crippen MR) is 59.6 cm³/mol. The van der Waals surface area contributed by atoms with Gasteiger partial charge in [0.2, 0.25) is 0 Å². The van der Waals surface area contributed by atoms with Gasteiger partial charge < -0.3 is 15.5 Å². The number of nitrogens with zero attached hydrogens (tertiary/aromatic N) is 1. The molecular weight excluding hydrogens is 174 g/mol. The maximum atomic E-state index is 3.62. The number of piperazine rings is 1. The lowest BCUT2D eigenvalue weighted by atomic mass is 10.0. The van der Waals surface area contributed by atoms with Gasteiger partial charge in [-0.1, -0.05) is 6.42 Å². The number of hydrogen-bond donors (Lipinski definition) is 2. The van der Waals surface area contributed by atoms with E-state index in [1.165, 1.54) is 65.0 Å². The van der Waals surface area contributed by atoms with Crippen LogP contribution in [0.5, 0.6) is 0 Å². The molecule has 0 radical (unpaired) electrons. The lowest BCUT2D eigenvalue weighted by Gasteiger charge is -2.30. The van der Waals surface area contributed by atoms with Gasteiger partial charge in [0, 0.05) is 32.2 Å². The maximum Gasteiger partial charge on any atom is 0.0107 e. The minimum Gasteiger partial charge on any atom is -0.314 e. The lowest BCUT2D eigenvalue weighted by Crippen LogP contribution is -2.45. The highest BCUT2D eigenvalue weighted by molar-refractivity contribution is 4.75. The average molecular weight is 197 g/mol. The molecule has 2 N–H and O–H groups in total. The van der Waals surface area contributed by atoms with Crippen LogP contribution in [0, 0.1) is 0 Å². The topological polar surface area (TPSA) is 27.3 Å². The summed E-state index contributed by atoms with van der Waals surface area (Å²) in [6, 6.07) is 0.804. The van der Waals surface area contributed by atoms with Crippen molar-refractivity contribution in [1.29, 1.82) is 0 Å². The molecular formula is C11H23N3. The molecule has 0 bridgehead atoms. The zero-order valence-electron chi connectivity index (χ0n) is 9.10. The monoisotopic (exact) mass is 197 g/mol. The van der Waals surface area contributed by atoms with Gasteiger partial charge in [0.15, 0.2) is 0 Å². The molecule has 0 saturated carbocycles. The Balaban J connectivity index is 1.60. The summed E-state index contributed by atoms with van der Waals surface area (Å²) in [5.74, 6) is 0. The Morgan fingerprint density at radius 2 is 1.93 bits per heavy atom. The summed E-state index contributed by atoms with van der Waals surface area (Å²) in [6.07, 6.45) is 5.55. The Morgan fingerprint density at radius 3 is 2.64 bits per heavy atom. The summed E-state index contributed by atoms with van der Waals surface area (Å²) < 4.78 is 0. The second kappa shape index (κ2) is 5.69. The van der Waals surface area contributed by atoms with Crippen LogP contribution >= 0.6 is 0 Å². The van der Waals surface area contributed by atoms with Gasteiger partial charge >= 0.3 is 0 Å². The second-order valence-corrected chi connectivity index (χ2v) is 4.53. The van der Waals surface area contributed by atoms with Gasteiger partial charge in [-0.2, -0.15) is 0 Å². The van der Waals surface area contributed by atoms with Gasteiger partial charge in [-0.15, -0.1) is 0 Å². The number of rotatable bonds is 3. The molecule has 82 valence electrons. The molecule has 2 heterocycles. The van der Waals surface area contributed by atoms with Crippen LogP contribution in [0.2, 0.25) is 0 Å². The first-order chi connectivity index (χ1) is 6.95. The summed E-state index contributed by atoms with van der Waals surface area (Å²) in [5, 5.41) is 7.01. The highest BCUT2D eigenvalue weighted by atomic mass is 15.2. The van der Waals surface area contributed by atoms with Crippen molar-refractivity contribution in [3.63, 3.8) is 0 Å². The molecule has 0 unspecified atom stereocenters. The lowest BCUT2D eigenvalue weighted by molar-refractivity contribution is 0.221. The van der Waals surface area contributed by atoms with Gasteiger partial charge in [-0.3, -0.25) is 0 Å². The van der Waals surface area contributed by atoms with Crippen molar-refractivity contribution in [1.82, 2.24) is 15.5 Å². The van der Waals surface area contributed by atoms with Gasteiger partial charge in [0.05, 0.1) is 0 Å². The van der Waals surface area contributed by atoms with E-state index in [0.29, 0.717) is 0 Å². The van der Waals surface area contributed by atoms with E-state index >= 15 is 0 Å². The summed E-state index contributed by atoms with van der Waals surface area (Å²) >= 11 is 0. The first-order valence-corrected chi connectivity index (χ1v) is 6.11. The molecule has 2 aliphatic rings. The average Bonchev–Trinajstić information content (AvgIpc) is 2.29. The van der Waals surface area contributed by atoms with Crippen molar-refractivity contribution in [3.05, 3.63) is 0 Å². The van der Waals surface area contributed by atoms with Gasteiger partial charge in [-0.05, 0) is 32.4 Å². The smallest absolute Gasteiger partial charge is 0.0107 e. The third kappa shape index (κ3) is 3.23. The van der Waals surface area contributed by atoms with E-state index in [4.69, 9.17) is 0 Å². The number of piperidine rings is 1. The fraction of sp³-hybridized carbons (Fsp3) is 1.00. The Morgan fingerprint density at radius 1 is 1.07 bits per heavy atom. The van der Waals surface area contributed by atoms with Crippen molar-refractivity contribution < 1.29 is 0 Å². The van der Waals surface area contributed by atoms with Gasteiger partial charge in [0.25, 0.3) is 0 Å². The van der Waals surface area contributed by atoms with Crippen LogP contribution in [0.25, 0.3) is 0 Å². The fourth-order valence-corrected chi connectivity index (χ4v) is 2.44. The van der Waals surface area contributed by atoms with Crippen molar-refractivity contribution in [2.75, 3.05) is 39.3 Å². The zero-order chi connectivity index (χ0) is 9.64. The zero-order valence-corrected chi connectivity index (χ0v) is 9.10. The molecule has 0 aromatic carbocycles. The van der Waals surface area contributed by atoms with Gasteiger partial charge in [0.1, 0.15) is 0 Å². The predicted octanol–water partition coefficient (Wildman–Crippen LogP) is 0.424. The van der Waals surface area contributed by atoms with Gasteiger partial charge in [-0.25, -0.2) is 0 Å². The van der Waals surface area contributed by atoms with Crippen LogP contribution in [-0.2, 0) is 0 Å². The van der Waals surface area contributed by atoms with Crippen LogP contribution in [-0.4, -0.2) is 50.2 Å². The molecule has 0 amide bonds. The fourth-order valence-electron chi connectivity index (χ4n) is 2.44. The molecule has 14 heavy (non-hydrogen) atoms. The molecule has 3 heteroatoms. The van der Waals surface area contributed by atoms with E-state index in [1.54, 1.807) is 0 Å². The third-order valence-corrected chi connectivity index (χ3v) is 3.42. The number of hydrogen-bond acceptors (Lipinski definition) is 3. The molecule has 2 fully saturated rings. The van der Waals surface area contributed by atoms with Crippen molar-refractivity contribution in [3.8, 4) is 0 Å². The van der Waals surface area contributed by atoms with E-state index in [1.807, 2.05) is 0 Å². The Kier molecular flexibility index (Phi) is 4.22. The molecule has 0 aromatic rings. The van der Waals surface area contributed by atoms with E-state index in [9.17, 15) is 0 Å². The minimum absolute atomic E-state index is 0.804. The molecule has 3 nitrogen and oxygen atoms in total. The highest BCUT2D eigenvalue weighted by Gasteiger charge is 2.15. The van der Waals surface area contributed by atoms with E-state index in [0.717, 1.165) is 6.04 Å². The van der Waals surface area contributed by atoms with Crippen LogP contribution in [0.15, 0.2) is 0 Å². The SMILES string of the molecule is C1CC[C@@H](CCN2CCNCC2)NC1. The maximum absolute atomic E-state index is 3.62. The quantitative estimate of drug-likeness (QED) is 0.687. The molecule has 0 aromatic heterocycles. The summed E-state index contributed by atoms with van der Waals surface area (Å²) in [5.41, 5.74) is 0. The van der Waals surface area contributed by atoms with E-state index in [2.05, 4.69) is 15.5 Å². The second-order valence-electron chi connectivity index (χ2n) is 4.53. The molecule has 0 spiro atoms. The molecule has 2 saturated heterocycles. The minimum atomic E-state index is 0.804. The third-order valence-electron chi connectivity index (χ3n) is 3.42. The molecule has 1 atom stereocenters. The summed E-state index contributed by atoms with van der Waals surface area (Å²) in [7, 11) is 0. The van der Waals surface area contributed by atoms with Crippen LogP contribution in [0.4, 0.5) is 0 Å². The normalized spacial score (nSPS) is 30.4. The van der Waals surface area contributed by atoms with Crippen molar-refractivity contribution in [2.24, 2.45) is 0 Å². The highest BCUT2D eigenvalue weighted by Crippen LogP contribution is 2.10. The van der Waals surface area contributed by atoms with Crippen molar-refractivity contribution >= 4 is 0 Å². The Hall–Kier alpha value is -0.120. The van der Waals surface area contributed by atoms with Crippen molar-refractivity contribution in [2.45, 2.75) is 31.7 Å². The summed E-state index contributed by atoms with van der Waals surface area (Å²) in [4.78, 5) is 2.59. The Bertz CT molecular complexity index is 131. The first-order valence-electron chi connectivity index (χ1n) is 6.11. The van der Waals surface area contributed by atoms with E-state index < -0.39 is 0 Å². The standard InChI is InChI=1S/C11H23N3/c1-2-5-13-11(3-1)4-8-14-9-6-12-7-10-14/h11-13H,1-10H2/t11-/m0/s1. The van der Waals surface area contributed by atoms with E-state index in [-0.39, 0.29) is 0 Å². The molecule has 2 aliphatic heterocycles. The Labute approximate surface area is 87.2 Å². The van der Waals surface area contributed by atoms with Crippen LogP contribution < -0.4 is 10.6 Å².